The van der Waals surface area contributed by atoms with Gasteiger partial charge in [-0.2, -0.15) is 0 Å². The predicted octanol–water partition coefficient (Wildman–Crippen LogP) is 1.37. The van der Waals surface area contributed by atoms with E-state index in [0.717, 1.165) is 5.69 Å². The van der Waals surface area contributed by atoms with Gasteiger partial charge in [-0.05, 0) is 25.1 Å². The Morgan fingerprint density at radius 1 is 1.50 bits per heavy atom. The van der Waals surface area contributed by atoms with Crippen molar-refractivity contribution in [1.82, 2.24) is 4.90 Å². The molecular formula is C13H17ClN2O2. The van der Waals surface area contributed by atoms with Crippen LogP contribution in [0, 0.1) is 0 Å². The zero-order valence-corrected chi connectivity index (χ0v) is 11.3. The summed E-state index contributed by atoms with van der Waals surface area (Å²) in [6.45, 7) is 2.48. The molecule has 2 unspecified atom stereocenters. The SMILES string of the molecule is CC1CN(C)C(=O)C(CO)N1c1cccc(Cl)c1. The van der Waals surface area contributed by atoms with E-state index in [9.17, 15) is 9.90 Å². The van der Waals surface area contributed by atoms with Crippen LogP contribution in [0.2, 0.25) is 5.02 Å². The molecule has 0 aliphatic carbocycles. The highest BCUT2D eigenvalue weighted by Crippen LogP contribution is 2.27. The Morgan fingerprint density at radius 2 is 2.22 bits per heavy atom. The van der Waals surface area contributed by atoms with E-state index < -0.39 is 6.04 Å². The second-order valence-electron chi connectivity index (χ2n) is 4.65. The summed E-state index contributed by atoms with van der Waals surface area (Å²) in [4.78, 5) is 15.7. The Kier molecular flexibility index (Phi) is 3.78. The molecule has 98 valence electrons. The average molecular weight is 269 g/mol. The molecule has 1 saturated heterocycles. The fourth-order valence-corrected chi connectivity index (χ4v) is 2.68. The standard InChI is InChI=1S/C13H17ClN2O2/c1-9-7-15(2)13(18)12(8-17)16(9)11-5-3-4-10(14)6-11/h3-6,9,12,17H,7-8H2,1-2H3. The molecule has 18 heavy (non-hydrogen) atoms. The highest BCUT2D eigenvalue weighted by atomic mass is 35.5. The van der Waals surface area contributed by atoms with E-state index in [1.807, 2.05) is 30.0 Å². The van der Waals surface area contributed by atoms with Gasteiger partial charge in [0.05, 0.1) is 6.61 Å². The van der Waals surface area contributed by atoms with Crippen LogP contribution in [0.4, 0.5) is 5.69 Å². The van der Waals surface area contributed by atoms with E-state index in [0.29, 0.717) is 11.6 Å². The van der Waals surface area contributed by atoms with Crippen LogP contribution in [-0.4, -0.2) is 48.2 Å². The van der Waals surface area contributed by atoms with Crippen molar-refractivity contribution in [3.8, 4) is 0 Å². The summed E-state index contributed by atoms with van der Waals surface area (Å²) in [5, 5.41) is 10.1. The summed E-state index contributed by atoms with van der Waals surface area (Å²) < 4.78 is 0. The van der Waals surface area contributed by atoms with E-state index in [1.165, 1.54) is 0 Å². The molecule has 1 aromatic carbocycles. The van der Waals surface area contributed by atoms with Crippen LogP contribution in [0.25, 0.3) is 0 Å². The number of likely N-dealkylation sites (N-methyl/N-ethyl adjacent to an activating group) is 1. The maximum atomic E-state index is 12.1. The Labute approximate surface area is 112 Å². The number of benzene rings is 1. The van der Waals surface area contributed by atoms with Gasteiger partial charge < -0.3 is 14.9 Å². The molecule has 1 heterocycles. The quantitative estimate of drug-likeness (QED) is 0.881. The number of carbonyl (C=O) groups excluding carboxylic acids is 1. The van der Waals surface area contributed by atoms with Crippen molar-refractivity contribution in [3.05, 3.63) is 29.3 Å². The number of anilines is 1. The molecule has 1 aromatic rings. The molecule has 1 aliphatic heterocycles. The van der Waals surface area contributed by atoms with Crippen molar-refractivity contribution >= 4 is 23.2 Å². The molecule has 1 amide bonds. The van der Waals surface area contributed by atoms with Gasteiger partial charge in [0.1, 0.15) is 6.04 Å². The number of amides is 1. The van der Waals surface area contributed by atoms with E-state index in [4.69, 9.17) is 11.6 Å². The minimum absolute atomic E-state index is 0.0597. The van der Waals surface area contributed by atoms with E-state index >= 15 is 0 Å². The van der Waals surface area contributed by atoms with Crippen molar-refractivity contribution in [1.29, 1.82) is 0 Å². The van der Waals surface area contributed by atoms with Gasteiger partial charge in [0, 0.05) is 30.3 Å². The molecule has 0 bridgehead atoms. The molecule has 1 aliphatic rings. The summed E-state index contributed by atoms with van der Waals surface area (Å²) >= 11 is 5.98. The van der Waals surface area contributed by atoms with Crippen LogP contribution in [0.3, 0.4) is 0 Å². The third kappa shape index (κ3) is 2.31. The van der Waals surface area contributed by atoms with E-state index in [-0.39, 0.29) is 18.6 Å². The largest absolute Gasteiger partial charge is 0.394 e. The molecule has 0 aromatic heterocycles. The number of nitrogens with zero attached hydrogens (tertiary/aromatic N) is 2. The van der Waals surface area contributed by atoms with Crippen molar-refractivity contribution < 1.29 is 9.90 Å². The molecule has 1 N–H and O–H groups in total. The van der Waals surface area contributed by atoms with Gasteiger partial charge >= 0.3 is 0 Å². The molecule has 0 spiro atoms. The van der Waals surface area contributed by atoms with Crippen LogP contribution in [0.5, 0.6) is 0 Å². The molecule has 1 fully saturated rings. The number of hydrogen-bond acceptors (Lipinski definition) is 3. The van der Waals surface area contributed by atoms with Gasteiger partial charge in [0.15, 0.2) is 0 Å². The van der Waals surface area contributed by atoms with Gasteiger partial charge in [0.2, 0.25) is 5.91 Å². The Hall–Kier alpha value is -1.26. The van der Waals surface area contributed by atoms with Gasteiger partial charge in [-0.25, -0.2) is 0 Å². The van der Waals surface area contributed by atoms with Crippen molar-refractivity contribution in [3.63, 3.8) is 0 Å². The summed E-state index contributed by atoms with van der Waals surface area (Å²) in [7, 11) is 1.76. The zero-order valence-electron chi connectivity index (χ0n) is 10.5. The lowest BCUT2D eigenvalue weighted by Gasteiger charge is -2.44. The summed E-state index contributed by atoms with van der Waals surface area (Å²) in [5.74, 6) is -0.0597. The predicted molar refractivity (Wildman–Crippen MR) is 71.9 cm³/mol. The monoisotopic (exact) mass is 268 g/mol. The Bertz CT molecular complexity index is 452. The molecule has 4 nitrogen and oxygen atoms in total. The topological polar surface area (TPSA) is 43.8 Å². The second-order valence-corrected chi connectivity index (χ2v) is 5.09. The lowest BCUT2D eigenvalue weighted by molar-refractivity contribution is -0.134. The lowest BCUT2D eigenvalue weighted by atomic mass is 10.1. The summed E-state index contributed by atoms with van der Waals surface area (Å²) in [6, 6.07) is 6.98. The van der Waals surface area contributed by atoms with Crippen molar-refractivity contribution in [2.75, 3.05) is 25.1 Å². The highest BCUT2D eigenvalue weighted by Gasteiger charge is 2.36. The highest BCUT2D eigenvalue weighted by molar-refractivity contribution is 6.30. The Morgan fingerprint density at radius 3 is 2.83 bits per heavy atom. The van der Waals surface area contributed by atoms with Crippen LogP contribution >= 0.6 is 11.6 Å². The first-order chi connectivity index (χ1) is 8.54. The smallest absolute Gasteiger partial charge is 0.247 e. The van der Waals surface area contributed by atoms with Crippen LogP contribution < -0.4 is 4.90 Å². The normalized spacial score (nSPS) is 24.6. The number of aliphatic hydroxyl groups is 1. The van der Waals surface area contributed by atoms with Crippen molar-refractivity contribution in [2.24, 2.45) is 0 Å². The number of carbonyl (C=O) groups is 1. The van der Waals surface area contributed by atoms with Gasteiger partial charge in [-0.15, -0.1) is 0 Å². The molecule has 5 heteroatoms. The molecule has 0 saturated carbocycles. The van der Waals surface area contributed by atoms with Gasteiger partial charge in [-0.1, -0.05) is 17.7 Å². The van der Waals surface area contributed by atoms with Crippen LogP contribution in [0.1, 0.15) is 6.92 Å². The summed E-state index contributed by atoms with van der Waals surface area (Å²) in [5.41, 5.74) is 0.871. The van der Waals surface area contributed by atoms with Gasteiger partial charge in [-0.3, -0.25) is 4.79 Å². The first-order valence-corrected chi connectivity index (χ1v) is 6.32. The molecular weight excluding hydrogens is 252 g/mol. The molecule has 2 atom stereocenters. The maximum Gasteiger partial charge on any atom is 0.247 e. The first kappa shape index (κ1) is 13.2. The minimum Gasteiger partial charge on any atom is -0.394 e. The van der Waals surface area contributed by atoms with Crippen LogP contribution in [-0.2, 0) is 4.79 Å². The third-order valence-corrected chi connectivity index (χ3v) is 3.52. The molecule has 0 radical (unpaired) electrons. The maximum absolute atomic E-state index is 12.1. The second kappa shape index (κ2) is 5.16. The third-order valence-electron chi connectivity index (χ3n) is 3.29. The average Bonchev–Trinajstić information content (AvgIpc) is 2.33. The molecule has 2 rings (SSSR count). The van der Waals surface area contributed by atoms with Crippen LogP contribution in [0.15, 0.2) is 24.3 Å². The fourth-order valence-electron chi connectivity index (χ4n) is 2.49. The zero-order chi connectivity index (χ0) is 13.3. The Balaban J connectivity index is 2.37. The van der Waals surface area contributed by atoms with Crippen molar-refractivity contribution in [2.45, 2.75) is 19.0 Å². The van der Waals surface area contributed by atoms with Gasteiger partial charge in [0.25, 0.3) is 0 Å². The van der Waals surface area contributed by atoms with E-state index in [1.54, 1.807) is 18.0 Å². The lowest BCUT2D eigenvalue weighted by Crippen LogP contribution is -2.61. The minimum atomic E-state index is -0.530. The number of aliphatic hydroxyl groups excluding tert-OH is 1. The number of rotatable bonds is 2. The number of piperazine rings is 1. The fraction of sp³-hybridized carbons (Fsp3) is 0.462. The van der Waals surface area contributed by atoms with E-state index in [2.05, 4.69) is 0 Å². The first-order valence-electron chi connectivity index (χ1n) is 5.94. The number of halogens is 1. The summed E-state index contributed by atoms with van der Waals surface area (Å²) in [6.07, 6.45) is 0. The number of hydrogen-bond donors (Lipinski definition) is 1.